The van der Waals surface area contributed by atoms with Crippen LogP contribution in [-0.4, -0.2) is 32.2 Å². The van der Waals surface area contributed by atoms with E-state index >= 15 is 0 Å². The molecule has 0 aliphatic carbocycles. The van der Waals surface area contributed by atoms with Gasteiger partial charge in [-0.25, -0.2) is 0 Å². The Bertz CT molecular complexity index is 1060. The Balaban J connectivity index is 1.79. The molecule has 0 aliphatic heterocycles. The number of para-hydroxylation sites is 1. The number of carbonyl (C=O) groups excluding carboxylic acids is 1. The number of hydrogen-bond acceptors (Lipinski definition) is 5. The maximum atomic E-state index is 12.6. The number of pyridine rings is 1. The molecule has 7 nitrogen and oxygen atoms in total. The quantitative estimate of drug-likeness (QED) is 0.641. The van der Waals surface area contributed by atoms with Crippen molar-refractivity contribution in [1.82, 2.24) is 10.3 Å². The van der Waals surface area contributed by atoms with E-state index in [1.54, 1.807) is 18.2 Å². The standard InChI is InChI=1S/C22H24N2O5/c1-13(15-10-18(27-2)21(29-4)19(11-15)28-3)23-20(25)12-16-9-14-7-5-6-8-17(14)24-22(16)26/h5-11,13H,12H2,1-4H3,(H,23,25)(H,24,26)/t13-/m1/s1. The Morgan fingerprint density at radius 1 is 1.03 bits per heavy atom. The van der Waals surface area contributed by atoms with Crippen molar-refractivity contribution in [3.63, 3.8) is 0 Å². The van der Waals surface area contributed by atoms with Gasteiger partial charge in [-0.15, -0.1) is 0 Å². The number of nitrogens with one attached hydrogen (secondary N) is 2. The van der Waals surface area contributed by atoms with Gasteiger partial charge in [0.2, 0.25) is 11.7 Å². The molecular formula is C22H24N2O5. The first-order chi connectivity index (χ1) is 14.0. The van der Waals surface area contributed by atoms with Crippen LogP contribution in [0.4, 0.5) is 0 Å². The second-order valence-corrected chi connectivity index (χ2v) is 6.64. The lowest BCUT2D eigenvalue weighted by atomic mass is 10.1. The third kappa shape index (κ3) is 4.34. The summed E-state index contributed by atoms with van der Waals surface area (Å²) >= 11 is 0. The SMILES string of the molecule is COc1cc([C@@H](C)NC(=O)Cc2cc3ccccc3[nH]c2=O)cc(OC)c1OC. The molecule has 0 spiro atoms. The number of H-pyrrole nitrogens is 1. The number of methoxy groups -OCH3 is 3. The third-order valence-corrected chi connectivity index (χ3v) is 4.75. The fourth-order valence-electron chi connectivity index (χ4n) is 3.22. The van der Waals surface area contributed by atoms with Crippen molar-refractivity contribution < 1.29 is 19.0 Å². The van der Waals surface area contributed by atoms with Crippen LogP contribution < -0.4 is 25.1 Å². The largest absolute Gasteiger partial charge is 0.493 e. The highest BCUT2D eigenvalue weighted by Crippen LogP contribution is 2.39. The van der Waals surface area contributed by atoms with E-state index in [0.717, 1.165) is 16.5 Å². The first-order valence-electron chi connectivity index (χ1n) is 9.17. The summed E-state index contributed by atoms with van der Waals surface area (Å²) in [7, 11) is 4.61. The lowest BCUT2D eigenvalue weighted by Crippen LogP contribution is -2.30. The summed E-state index contributed by atoms with van der Waals surface area (Å²) in [4.78, 5) is 27.7. The van der Waals surface area contributed by atoms with E-state index in [-0.39, 0.29) is 23.9 Å². The smallest absolute Gasteiger partial charge is 0.252 e. The number of aromatic nitrogens is 1. The van der Waals surface area contributed by atoms with Gasteiger partial charge in [-0.3, -0.25) is 9.59 Å². The molecule has 2 N–H and O–H groups in total. The Kier molecular flexibility index (Phi) is 6.07. The molecule has 0 saturated carbocycles. The first kappa shape index (κ1) is 20.3. The number of benzene rings is 2. The molecule has 0 unspecified atom stereocenters. The lowest BCUT2D eigenvalue weighted by Gasteiger charge is -2.19. The molecular weight excluding hydrogens is 372 g/mol. The number of ether oxygens (including phenoxy) is 3. The van der Waals surface area contributed by atoms with Gasteiger partial charge in [0.05, 0.1) is 33.8 Å². The van der Waals surface area contributed by atoms with Crippen molar-refractivity contribution in [3.8, 4) is 17.2 Å². The summed E-state index contributed by atoms with van der Waals surface area (Å²) in [5, 5.41) is 3.80. The maximum Gasteiger partial charge on any atom is 0.252 e. The van der Waals surface area contributed by atoms with Crippen molar-refractivity contribution in [2.45, 2.75) is 19.4 Å². The van der Waals surface area contributed by atoms with Crippen LogP contribution >= 0.6 is 0 Å². The van der Waals surface area contributed by atoms with Gasteiger partial charge >= 0.3 is 0 Å². The zero-order valence-corrected chi connectivity index (χ0v) is 16.9. The zero-order valence-electron chi connectivity index (χ0n) is 16.9. The number of aromatic amines is 1. The number of fused-ring (bicyclic) bond motifs is 1. The van der Waals surface area contributed by atoms with Gasteiger partial charge in [-0.05, 0) is 42.1 Å². The predicted molar refractivity (Wildman–Crippen MR) is 111 cm³/mol. The molecule has 7 heteroatoms. The molecule has 2 aromatic carbocycles. The minimum atomic E-state index is -0.323. The number of amides is 1. The lowest BCUT2D eigenvalue weighted by molar-refractivity contribution is -0.121. The molecule has 1 heterocycles. The summed E-state index contributed by atoms with van der Waals surface area (Å²) in [6, 6.07) is 12.5. The molecule has 3 aromatic rings. The molecule has 152 valence electrons. The van der Waals surface area contributed by atoms with E-state index in [1.807, 2.05) is 31.2 Å². The van der Waals surface area contributed by atoms with Crippen molar-refractivity contribution in [1.29, 1.82) is 0 Å². The molecule has 0 saturated heterocycles. The molecule has 0 bridgehead atoms. The van der Waals surface area contributed by atoms with Crippen LogP contribution in [0, 0.1) is 0 Å². The monoisotopic (exact) mass is 396 g/mol. The first-order valence-corrected chi connectivity index (χ1v) is 9.17. The highest BCUT2D eigenvalue weighted by atomic mass is 16.5. The second kappa shape index (κ2) is 8.68. The Morgan fingerprint density at radius 2 is 1.69 bits per heavy atom. The van der Waals surface area contributed by atoms with E-state index < -0.39 is 0 Å². The van der Waals surface area contributed by atoms with Crippen molar-refractivity contribution in [2.24, 2.45) is 0 Å². The topological polar surface area (TPSA) is 89.7 Å². The van der Waals surface area contributed by atoms with E-state index in [1.165, 1.54) is 21.3 Å². The average molecular weight is 396 g/mol. The van der Waals surface area contributed by atoms with Crippen LogP contribution in [0.1, 0.15) is 24.1 Å². The molecule has 1 atom stereocenters. The fraction of sp³-hybridized carbons (Fsp3) is 0.273. The molecule has 0 aliphatic rings. The fourth-order valence-corrected chi connectivity index (χ4v) is 3.22. The second-order valence-electron chi connectivity index (χ2n) is 6.64. The van der Waals surface area contributed by atoms with Crippen LogP contribution in [-0.2, 0) is 11.2 Å². The highest BCUT2D eigenvalue weighted by molar-refractivity contribution is 5.82. The highest BCUT2D eigenvalue weighted by Gasteiger charge is 2.18. The maximum absolute atomic E-state index is 12.6. The predicted octanol–water partition coefficient (Wildman–Crippen LogP) is 2.97. The van der Waals surface area contributed by atoms with Gasteiger partial charge in [0, 0.05) is 11.1 Å². The normalized spacial score (nSPS) is 11.7. The Morgan fingerprint density at radius 3 is 2.31 bits per heavy atom. The van der Waals surface area contributed by atoms with Crippen molar-refractivity contribution in [2.75, 3.05) is 21.3 Å². The van der Waals surface area contributed by atoms with Gasteiger partial charge in [-0.1, -0.05) is 18.2 Å². The number of carbonyl (C=O) groups is 1. The number of rotatable bonds is 7. The molecule has 1 aromatic heterocycles. The molecule has 0 fully saturated rings. The van der Waals surface area contributed by atoms with Crippen LogP contribution in [0.2, 0.25) is 0 Å². The van der Waals surface area contributed by atoms with E-state index in [9.17, 15) is 9.59 Å². The van der Waals surface area contributed by atoms with Gasteiger partial charge < -0.3 is 24.5 Å². The minimum Gasteiger partial charge on any atom is -0.493 e. The molecule has 3 rings (SSSR count). The van der Waals surface area contributed by atoms with Gasteiger partial charge in [0.1, 0.15) is 0 Å². The van der Waals surface area contributed by atoms with E-state index in [0.29, 0.717) is 22.8 Å². The molecule has 0 radical (unpaired) electrons. The summed E-state index contributed by atoms with van der Waals surface area (Å²) in [5.74, 6) is 1.25. The van der Waals surface area contributed by atoms with Crippen molar-refractivity contribution >= 4 is 16.8 Å². The average Bonchev–Trinajstić information content (AvgIpc) is 2.72. The van der Waals surface area contributed by atoms with Gasteiger partial charge in [0.25, 0.3) is 5.56 Å². The Hall–Kier alpha value is -3.48. The summed E-state index contributed by atoms with van der Waals surface area (Å²) in [6.07, 6.45) is -0.0189. The molecule has 1 amide bonds. The molecule has 29 heavy (non-hydrogen) atoms. The van der Waals surface area contributed by atoms with Crippen LogP contribution in [0.25, 0.3) is 10.9 Å². The van der Waals surface area contributed by atoms with Gasteiger partial charge in [-0.2, -0.15) is 0 Å². The van der Waals surface area contributed by atoms with Crippen molar-refractivity contribution in [3.05, 3.63) is 63.9 Å². The van der Waals surface area contributed by atoms with Crippen LogP contribution in [0.5, 0.6) is 17.2 Å². The summed E-state index contributed by atoms with van der Waals surface area (Å²) < 4.78 is 16.1. The minimum absolute atomic E-state index is 0.0189. The van der Waals surface area contributed by atoms with Crippen LogP contribution in [0.3, 0.4) is 0 Å². The van der Waals surface area contributed by atoms with E-state index in [4.69, 9.17) is 14.2 Å². The summed E-state index contributed by atoms with van der Waals surface area (Å²) in [5.41, 5.74) is 1.69. The zero-order chi connectivity index (χ0) is 21.0. The van der Waals surface area contributed by atoms with Crippen LogP contribution in [0.15, 0.2) is 47.3 Å². The Labute approximate surface area is 168 Å². The van der Waals surface area contributed by atoms with E-state index in [2.05, 4.69) is 10.3 Å². The van der Waals surface area contributed by atoms with Gasteiger partial charge in [0.15, 0.2) is 11.5 Å². The third-order valence-electron chi connectivity index (χ3n) is 4.75. The number of hydrogen-bond donors (Lipinski definition) is 2. The summed E-state index contributed by atoms with van der Waals surface area (Å²) in [6.45, 7) is 1.85.